The first kappa shape index (κ1) is 22.7. The molecule has 1 fully saturated rings. The second kappa shape index (κ2) is 11.4. The zero-order valence-corrected chi connectivity index (χ0v) is 17.1. The fourth-order valence-electron chi connectivity index (χ4n) is 3.18. The maximum Gasteiger partial charge on any atom is 0.255 e. The number of carbonyl (C=O) groups is 2. The van der Waals surface area contributed by atoms with E-state index in [1.807, 2.05) is 13.8 Å². The molecule has 146 valence electrons. The average molecular weight is 402 g/mol. The molecule has 0 saturated carbocycles. The van der Waals surface area contributed by atoms with E-state index in [4.69, 9.17) is 11.6 Å². The van der Waals surface area contributed by atoms with Gasteiger partial charge in [-0.1, -0.05) is 11.6 Å². The second-order valence-corrected chi connectivity index (χ2v) is 6.86. The molecule has 0 aromatic heterocycles. The minimum atomic E-state index is -0.0845. The third-order valence-corrected chi connectivity index (χ3v) is 5.08. The molecule has 0 atom stereocenters. The monoisotopic (exact) mass is 401 g/mol. The molecule has 1 saturated heterocycles. The lowest BCUT2D eigenvalue weighted by Gasteiger charge is -2.22. The van der Waals surface area contributed by atoms with Crippen molar-refractivity contribution in [1.29, 1.82) is 0 Å². The van der Waals surface area contributed by atoms with E-state index < -0.39 is 0 Å². The van der Waals surface area contributed by atoms with Gasteiger partial charge < -0.3 is 15.5 Å². The van der Waals surface area contributed by atoms with Gasteiger partial charge in [0.15, 0.2) is 0 Å². The summed E-state index contributed by atoms with van der Waals surface area (Å²) in [5.74, 6) is 0.542. The van der Waals surface area contributed by atoms with Crippen molar-refractivity contribution < 1.29 is 9.59 Å². The number of hydrogen-bond acceptors (Lipinski definition) is 3. The van der Waals surface area contributed by atoms with Crippen LogP contribution in [0.2, 0.25) is 5.02 Å². The molecule has 1 aromatic rings. The summed E-state index contributed by atoms with van der Waals surface area (Å²) in [6.45, 7) is 7.24. The standard InChI is InChI=1S/C19H28ClN3O2.ClH/c1-3-23(4-2)19(25)16-7-6-15(13-17(16)20)22-18(24)8-5-14-9-11-21-12-10-14;/h6-7,13-14,21H,3-5,8-12H2,1-2H3,(H,22,24);1H. The number of nitrogens with one attached hydrogen (secondary N) is 2. The fraction of sp³-hybridized carbons (Fsp3) is 0.579. The van der Waals surface area contributed by atoms with Gasteiger partial charge >= 0.3 is 0 Å². The lowest BCUT2D eigenvalue weighted by atomic mass is 9.93. The van der Waals surface area contributed by atoms with Crippen molar-refractivity contribution in [2.75, 3.05) is 31.5 Å². The van der Waals surface area contributed by atoms with E-state index in [0.717, 1.165) is 32.4 Å². The van der Waals surface area contributed by atoms with Crippen LogP contribution in [0, 0.1) is 5.92 Å². The molecule has 2 N–H and O–H groups in total. The fourth-order valence-corrected chi connectivity index (χ4v) is 3.44. The molecule has 1 aliphatic rings. The van der Waals surface area contributed by atoms with Crippen LogP contribution < -0.4 is 10.6 Å². The SMILES string of the molecule is CCN(CC)C(=O)c1ccc(NC(=O)CCC2CCNCC2)cc1Cl.Cl. The number of piperidine rings is 1. The number of rotatable bonds is 7. The Bertz CT molecular complexity index is 600. The van der Waals surface area contributed by atoms with Gasteiger partial charge in [0, 0.05) is 25.2 Å². The first-order valence-electron chi connectivity index (χ1n) is 9.14. The van der Waals surface area contributed by atoms with Crippen molar-refractivity contribution >= 4 is 41.5 Å². The molecule has 2 rings (SSSR count). The van der Waals surface area contributed by atoms with Crippen LogP contribution in [0.4, 0.5) is 5.69 Å². The zero-order chi connectivity index (χ0) is 18.2. The van der Waals surface area contributed by atoms with Gasteiger partial charge in [-0.2, -0.15) is 0 Å². The predicted molar refractivity (Wildman–Crippen MR) is 109 cm³/mol. The van der Waals surface area contributed by atoms with E-state index in [9.17, 15) is 9.59 Å². The van der Waals surface area contributed by atoms with Gasteiger partial charge in [-0.05, 0) is 70.3 Å². The van der Waals surface area contributed by atoms with E-state index in [2.05, 4.69) is 10.6 Å². The van der Waals surface area contributed by atoms with E-state index in [1.165, 1.54) is 0 Å². The van der Waals surface area contributed by atoms with Crippen LogP contribution in [0.25, 0.3) is 0 Å². The second-order valence-electron chi connectivity index (χ2n) is 6.45. The first-order chi connectivity index (χ1) is 12.0. The Morgan fingerprint density at radius 2 is 1.88 bits per heavy atom. The molecule has 1 aromatic carbocycles. The summed E-state index contributed by atoms with van der Waals surface area (Å²) < 4.78 is 0. The number of benzene rings is 1. The Morgan fingerprint density at radius 1 is 1.23 bits per heavy atom. The predicted octanol–water partition coefficient (Wildman–Crippen LogP) is 3.96. The highest BCUT2D eigenvalue weighted by Crippen LogP contribution is 2.23. The third-order valence-electron chi connectivity index (χ3n) is 4.77. The molecule has 1 aliphatic heterocycles. The van der Waals surface area contributed by atoms with Crippen molar-refractivity contribution in [3.8, 4) is 0 Å². The summed E-state index contributed by atoms with van der Waals surface area (Å²) in [6, 6.07) is 5.08. The van der Waals surface area contributed by atoms with Gasteiger partial charge in [-0.25, -0.2) is 0 Å². The molecule has 7 heteroatoms. The van der Waals surface area contributed by atoms with Crippen LogP contribution in [0.1, 0.15) is 49.9 Å². The summed E-state index contributed by atoms with van der Waals surface area (Å²) in [4.78, 5) is 26.2. The number of hydrogen-bond donors (Lipinski definition) is 2. The van der Waals surface area contributed by atoms with E-state index >= 15 is 0 Å². The van der Waals surface area contributed by atoms with Gasteiger partial charge in [0.05, 0.1) is 10.6 Å². The highest BCUT2D eigenvalue weighted by Gasteiger charge is 2.17. The Balaban J connectivity index is 0.00000338. The van der Waals surface area contributed by atoms with E-state index in [-0.39, 0.29) is 24.2 Å². The molecule has 2 amide bonds. The molecule has 0 spiro atoms. The number of halogens is 2. The molecular formula is C19H29Cl2N3O2. The maximum absolute atomic E-state index is 12.4. The largest absolute Gasteiger partial charge is 0.339 e. The number of amides is 2. The van der Waals surface area contributed by atoms with Gasteiger partial charge in [0.25, 0.3) is 5.91 Å². The maximum atomic E-state index is 12.4. The minimum Gasteiger partial charge on any atom is -0.339 e. The molecule has 5 nitrogen and oxygen atoms in total. The molecule has 1 heterocycles. The molecule has 0 unspecified atom stereocenters. The minimum absolute atomic E-state index is 0. The average Bonchev–Trinajstić information content (AvgIpc) is 2.62. The molecular weight excluding hydrogens is 373 g/mol. The quantitative estimate of drug-likeness (QED) is 0.726. The Morgan fingerprint density at radius 3 is 2.46 bits per heavy atom. The van der Waals surface area contributed by atoms with Crippen molar-refractivity contribution in [3.63, 3.8) is 0 Å². The first-order valence-corrected chi connectivity index (χ1v) is 9.52. The van der Waals surface area contributed by atoms with Crippen LogP contribution in [-0.2, 0) is 4.79 Å². The smallest absolute Gasteiger partial charge is 0.255 e. The van der Waals surface area contributed by atoms with Crippen LogP contribution in [0.3, 0.4) is 0 Å². The highest BCUT2D eigenvalue weighted by molar-refractivity contribution is 6.34. The van der Waals surface area contributed by atoms with Crippen molar-refractivity contribution in [2.24, 2.45) is 5.92 Å². The number of anilines is 1. The summed E-state index contributed by atoms with van der Waals surface area (Å²) in [5.41, 5.74) is 1.11. The lowest BCUT2D eigenvalue weighted by Crippen LogP contribution is -2.30. The summed E-state index contributed by atoms with van der Waals surface area (Å²) >= 11 is 6.26. The highest BCUT2D eigenvalue weighted by atomic mass is 35.5. The van der Waals surface area contributed by atoms with Crippen LogP contribution in [0.15, 0.2) is 18.2 Å². The van der Waals surface area contributed by atoms with Crippen molar-refractivity contribution in [2.45, 2.75) is 39.5 Å². The zero-order valence-electron chi connectivity index (χ0n) is 15.5. The lowest BCUT2D eigenvalue weighted by molar-refractivity contribution is -0.116. The normalized spacial score (nSPS) is 14.4. The summed E-state index contributed by atoms with van der Waals surface area (Å²) in [5, 5.41) is 6.58. The Labute approximate surface area is 167 Å². The Kier molecular flexibility index (Phi) is 9.99. The van der Waals surface area contributed by atoms with Gasteiger partial charge in [-0.3, -0.25) is 9.59 Å². The van der Waals surface area contributed by atoms with Gasteiger partial charge in [0.1, 0.15) is 0 Å². The van der Waals surface area contributed by atoms with Crippen LogP contribution >= 0.6 is 24.0 Å². The van der Waals surface area contributed by atoms with Crippen LogP contribution in [0.5, 0.6) is 0 Å². The van der Waals surface area contributed by atoms with E-state index in [0.29, 0.717) is 41.7 Å². The number of nitrogens with zero attached hydrogens (tertiary/aromatic N) is 1. The van der Waals surface area contributed by atoms with Gasteiger partial charge in [-0.15, -0.1) is 12.4 Å². The van der Waals surface area contributed by atoms with Crippen molar-refractivity contribution in [3.05, 3.63) is 28.8 Å². The van der Waals surface area contributed by atoms with Crippen molar-refractivity contribution in [1.82, 2.24) is 10.2 Å². The number of carbonyl (C=O) groups excluding carboxylic acids is 2. The topological polar surface area (TPSA) is 61.4 Å². The Hall–Kier alpha value is -1.30. The molecule has 0 radical (unpaired) electrons. The molecule has 26 heavy (non-hydrogen) atoms. The molecule has 0 aliphatic carbocycles. The van der Waals surface area contributed by atoms with Crippen LogP contribution in [-0.4, -0.2) is 42.9 Å². The summed E-state index contributed by atoms with van der Waals surface area (Å²) in [7, 11) is 0. The molecule has 0 bridgehead atoms. The van der Waals surface area contributed by atoms with E-state index in [1.54, 1.807) is 23.1 Å². The third kappa shape index (κ3) is 6.45. The van der Waals surface area contributed by atoms with Gasteiger partial charge in [0.2, 0.25) is 5.91 Å². The summed E-state index contributed by atoms with van der Waals surface area (Å²) in [6.07, 6.45) is 3.71.